The maximum Gasteiger partial charge on any atom is 0.135 e. The van der Waals surface area contributed by atoms with Crippen LogP contribution in [0.3, 0.4) is 0 Å². The van der Waals surface area contributed by atoms with E-state index in [1.807, 2.05) is 0 Å². The fraction of sp³-hybridized carbons (Fsp3) is 0.923. The molecule has 0 saturated carbocycles. The van der Waals surface area contributed by atoms with E-state index < -0.39 is 0 Å². The summed E-state index contributed by atoms with van der Waals surface area (Å²) in [6.45, 7) is 14.2. The van der Waals surface area contributed by atoms with E-state index in [0.717, 1.165) is 13.1 Å². The molecule has 0 unspecified atom stereocenters. The second-order valence-corrected chi connectivity index (χ2v) is 6.39. The highest BCUT2D eigenvalue weighted by atomic mass is 16.1. The SMILES string of the molecule is CC(C)(C)NCCC(=O)CCNC(C)(C)C. The molecule has 0 radical (unpaired) electrons. The van der Waals surface area contributed by atoms with Gasteiger partial charge in [-0.15, -0.1) is 0 Å². The van der Waals surface area contributed by atoms with Crippen molar-refractivity contribution in [2.24, 2.45) is 0 Å². The second-order valence-electron chi connectivity index (χ2n) is 6.39. The Bertz CT molecular complexity index is 189. The topological polar surface area (TPSA) is 41.1 Å². The van der Waals surface area contributed by atoms with Crippen LogP contribution >= 0.6 is 0 Å². The summed E-state index contributed by atoms with van der Waals surface area (Å²) >= 11 is 0. The van der Waals surface area contributed by atoms with E-state index in [-0.39, 0.29) is 11.1 Å². The quantitative estimate of drug-likeness (QED) is 0.731. The zero-order chi connectivity index (χ0) is 12.8. The Kier molecular flexibility index (Phi) is 6.19. The van der Waals surface area contributed by atoms with Gasteiger partial charge in [-0.2, -0.15) is 0 Å². The number of hydrogen-bond acceptors (Lipinski definition) is 3. The van der Waals surface area contributed by atoms with Crippen molar-refractivity contribution in [3.05, 3.63) is 0 Å². The summed E-state index contributed by atoms with van der Waals surface area (Å²) in [5.41, 5.74) is 0.202. The first-order chi connectivity index (χ1) is 7.10. The predicted octanol–water partition coefficient (Wildman–Crippen LogP) is 2.11. The first-order valence-electron chi connectivity index (χ1n) is 6.12. The van der Waals surface area contributed by atoms with Gasteiger partial charge in [0.15, 0.2) is 0 Å². The van der Waals surface area contributed by atoms with E-state index in [9.17, 15) is 4.79 Å². The van der Waals surface area contributed by atoms with Gasteiger partial charge in [-0.25, -0.2) is 0 Å². The van der Waals surface area contributed by atoms with Crippen molar-refractivity contribution >= 4 is 5.78 Å². The largest absolute Gasteiger partial charge is 0.312 e. The molecule has 3 heteroatoms. The summed E-state index contributed by atoms with van der Waals surface area (Å²) in [6, 6.07) is 0. The number of carbonyl (C=O) groups excluding carboxylic acids is 1. The lowest BCUT2D eigenvalue weighted by Crippen LogP contribution is -2.38. The van der Waals surface area contributed by atoms with Gasteiger partial charge in [0.05, 0.1) is 0 Å². The van der Waals surface area contributed by atoms with Crippen LogP contribution in [-0.4, -0.2) is 30.0 Å². The molecule has 0 rings (SSSR count). The molecule has 0 bridgehead atoms. The highest BCUT2D eigenvalue weighted by Crippen LogP contribution is 2.00. The Labute approximate surface area is 100 Å². The molecule has 16 heavy (non-hydrogen) atoms. The first-order valence-corrected chi connectivity index (χ1v) is 6.12. The summed E-state index contributed by atoms with van der Waals surface area (Å²) in [4.78, 5) is 11.5. The van der Waals surface area contributed by atoms with E-state index in [1.165, 1.54) is 0 Å². The van der Waals surface area contributed by atoms with E-state index >= 15 is 0 Å². The molecule has 0 saturated heterocycles. The number of Topliss-reactive ketones (excluding diaryl/α,β-unsaturated/α-hetero) is 1. The van der Waals surface area contributed by atoms with Gasteiger partial charge in [0.2, 0.25) is 0 Å². The smallest absolute Gasteiger partial charge is 0.135 e. The maximum absolute atomic E-state index is 11.5. The van der Waals surface area contributed by atoms with Gasteiger partial charge in [-0.3, -0.25) is 4.79 Å². The average Bonchev–Trinajstić information content (AvgIpc) is 1.98. The van der Waals surface area contributed by atoms with Crippen molar-refractivity contribution < 1.29 is 4.79 Å². The predicted molar refractivity (Wildman–Crippen MR) is 69.8 cm³/mol. The van der Waals surface area contributed by atoms with Gasteiger partial charge in [0.25, 0.3) is 0 Å². The molecule has 0 amide bonds. The molecule has 0 aliphatic carbocycles. The van der Waals surface area contributed by atoms with Crippen LogP contribution in [0.1, 0.15) is 54.4 Å². The van der Waals surface area contributed by atoms with Crippen molar-refractivity contribution in [1.82, 2.24) is 10.6 Å². The van der Waals surface area contributed by atoms with Crippen LogP contribution in [0.4, 0.5) is 0 Å². The summed E-state index contributed by atoms with van der Waals surface area (Å²) in [7, 11) is 0. The molecule has 0 atom stereocenters. The van der Waals surface area contributed by atoms with Gasteiger partial charge >= 0.3 is 0 Å². The van der Waals surface area contributed by atoms with Crippen LogP contribution in [-0.2, 0) is 4.79 Å². The highest BCUT2D eigenvalue weighted by molar-refractivity contribution is 5.78. The fourth-order valence-electron chi connectivity index (χ4n) is 1.28. The Morgan fingerprint density at radius 1 is 0.812 bits per heavy atom. The normalized spacial score (nSPS) is 12.9. The standard InChI is InChI=1S/C13H28N2O/c1-12(2,3)14-9-7-11(16)8-10-15-13(4,5)6/h14-15H,7-10H2,1-6H3. The molecule has 0 aromatic rings. The van der Waals surface area contributed by atoms with Crippen LogP contribution in [0, 0.1) is 0 Å². The fourth-order valence-corrected chi connectivity index (χ4v) is 1.28. The van der Waals surface area contributed by atoms with E-state index in [2.05, 4.69) is 52.2 Å². The van der Waals surface area contributed by atoms with Crippen LogP contribution in [0.2, 0.25) is 0 Å². The molecule has 0 aromatic heterocycles. The molecule has 2 N–H and O–H groups in total. The molecule has 0 aromatic carbocycles. The minimum absolute atomic E-state index is 0.101. The molecule has 0 fully saturated rings. The molecule has 0 spiro atoms. The van der Waals surface area contributed by atoms with Gasteiger partial charge in [0, 0.05) is 37.0 Å². The summed E-state index contributed by atoms with van der Waals surface area (Å²) in [5, 5.41) is 6.64. The first kappa shape index (κ1) is 15.6. The lowest BCUT2D eigenvalue weighted by atomic mass is 10.1. The molecular formula is C13H28N2O. The van der Waals surface area contributed by atoms with Crippen molar-refractivity contribution in [2.75, 3.05) is 13.1 Å². The Morgan fingerprint density at radius 3 is 1.38 bits per heavy atom. The number of hydrogen-bond donors (Lipinski definition) is 2. The molecule has 0 heterocycles. The Hall–Kier alpha value is -0.410. The van der Waals surface area contributed by atoms with E-state index in [1.54, 1.807) is 0 Å². The highest BCUT2D eigenvalue weighted by Gasteiger charge is 2.11. The molecule has 96 valence electrons. The summed E-state index contributed by atoms with van der Waals surface area (Å²) < 4.78 is 0. The van der Waals surface area contributed by atoms with E-state index in [4.69, 9.17) is 0 Å². The molecular weight excluding hydrogens is 200 g/mol. The van der Waals surface area contributed by atoms with Crippen LogP contribution in [0.5, 0.6) is 0 Å². The second kappa shape index (κ2) is 6.36. The minimum atomic E-state index is 0.101. The van der Waals surface area contributed by atoms with E-state index in [0.29, 0.717) is 18.6 Å². The van der Waals surface area contributed by atoms with Gasteiger partial charge < -0.3 is 10.6 Å². The van der Waals surface area contributed by atoms with Gasteiger partial charge in [-0.05, 0) is 41.5 Å². The third kappa shape index (κ3) is 11.7. The Balaban J connectivity index is 3.53. The molecule has 0 aliphatic rings. The molecule has 3 nitrogen and oxygen atoms in total. The number of nitrogens with one attached hydrogen (secondary N) is 2. The zero-order valence-electron chi connectivity index (χ0n) is 11.7. The van der Waals surface area contributed by atoms with Crippen molar-refractivity contribution in [3.63, 3.8) is 0 Å². The monoisotopic (exact) mass is 228 g/mol. The number of carbonyl (C=O) groups is 1. The third-order valence-corrected chi connectivity index (χ3v) is 2.12. The summed E-state index contributed by atoms with van der Waals surface area (Å²) in [5.74, 6) is 0.327. The van der Waals surface area contributed by atoms with Crippen molar-refractivity contribution in [1.29, 1.82) is 0 Å². The number of ketones is 1. The number of rotatable bonds is 6. The third-order valence-electron chi connectivity index (χ3n) is 2.12. The maximum atomic E-state index is 11.5. The lowest BCUT2D eigenvalue weighted by molar-refractivity contribution is -0.118. The van der Waals surface area contributed by atoms with Crippen molar-refractivity contribution in [2.45, 2.75) is 65.5 Å². The van der Waals surface area contributed by atoms with Gasteiger partial charge in [0.1, 0.15) is 5.78 Å². The zero-order valence-corrected chi connectivity index (χ0v) is 11.7. The molecule has 0 aliphatic heterocycles. The Morgan fingerprint density at radius 2 is 1.12 bits per heavy atom. The lowest BCUT2D eigenvalue weighted by Gasteiger charge is -2.21. The summed E-state index contributed by atoms with van der Waals surface area (Å²) in [6.07, 6.45) is 1.26. The van der Waals surface area contributed by atoms with Crippen molar-refractivity contribution in [3.8, 4) is 0 Å². The van der Waals surface area contributed by atoms with Crippen LogP contribution < -0.4 is 10.6 Å². The van der Waals surface area contributed by atoms with Gasteiger partial charge in [-0.1, -0.05) is 0 Å². The average molecular weight is 228 g/mol. The minimum Gasteiger partial charge on any atom is -0.312 e. The van der Waals surface area contributed by atoms with Crippen LogP contribution in [0.25, 0.3) is 0 Å². The van der Waals surface area contributed by atoms with Crippen LogP contribution in [0.15, 0.2) is 0 Å².